The maximum absolute atomic E-state index is 12.1. The van der Waals surface area contributed by atoms with Crippen LogP contribution in [0.2, 0.25) is 0 Å². The second-order valence-electron chi connectivity index (χ2n) is 6.18. The summed E-state index contributed by atoms with van der Waals surface area (Å²) in [7, 11) is 0. The van der Waals surface area contributed by atoms with Crippen LogP contribution in [0, 0.1) is 0 Å². The SMILES string of the molecule is CC(=O)Oc1ccc2c(c1)CN(C(=O)OC(C)(C)C)CC2. The Balaban J connectivity index is 2.11. The van der Waals surface area contributed by atoms with Crippen molar-refractivity contribution in [2.24, 2.45) is 0 Å². The first-order valence-electron chi connectivity index (χ1n) is 7.03. The standard InChI is InChI=1S/C16H21NO4/c1-11(18)20-14-6-5-12-7-8-17(10-13(12)9-14)15(19)21-16(2,3)4/h5-6,9H,7-8,10H2,1-4H3. The van der Waals surface area contributed by atoms with Crippen molar-refractivity contribution in [1.29, 1.82) is 0 Å². The average molecular weight is 291 g/mol. The van der Waals surface area contributed by atoms with Crippen LogP contribution in [0.25, 0.3) is 0 Å². The van der Waals surface area contributed by atoms with E-state index in [1.807, 2.05) is 32.9 Å². The van der Waals surface area contributed by atoms with Crippen LogP contribution >= 0.6 is 0 Å². The second-order valence-corrected chi connectivity index (χ2v) is 6.18. The average Bonchev–Trinajstić information content (AvgIpc) is 2.35. The summed E-state index contributed by atoms with van der Waals surface area (Å²) in [6, 6.07) is 5.54. The van der Waals surface area contributed by atoms with E-state index in [2.05, 4.69) is 0 Å². The smallest absolute Gasteiger partial charge is 0.410 e. The molecule has 5 heteroatoms. The largest absolute Gasteiger partial charge is 0.444 e. The number of esters is 1. The molecule has 0 N–H and O–H groups in total. The zero-order chi connectivity index (χ0) is 15.6. The number of ether oxygens (including phenoxy) is 2. The van der Waals surface area contributed by atoms with E-state index in [4.69, 9.17) is 9.47 Å². The van der Waals surface area contributed by atoms with Crippen molar-refractivity contribution in [1.82, 2.24) is 4.90 Å². The van der Waals surface area contributed by atoms with Crippen LogP contribution in [0.3, 0.4) is 0 Å². The number of amides is 1. The summed E-state index contributed by atoms with van der Waals surface area (Å²) in [6.07, 6.45) is 0.459. The molecule has 0 spiro atoms. The molecule has 2 rings (SSSR count). The Hall–Kier alpha value is -2.04. The van der Waals surface area contributed by atoms with Crippen molar-refractivity contribution < 1.29 is 19.1 Å². The van der Waals surface area contributed by atoms with Gasteiger partial charge in [-0.3, -0.25) is 4.79 Å². The molecule has 5 nitrogen and oxygen atoms in total. The molecule has 1 heterocycles. The molecule has 0 aliphatic carbocycles. The molecular formula is C16H21NO4. The van der Waals surface area contributed by atoms with Gasteiger partial charge in [-0.15, -0.1) is 0 Å². The summed E-state index contributed by atoms with van der Waals surface area (Å²) in [5, 5.41) is 0. The van der Waals surface area contributed by atoms with E-state index in [9.17, 15) is 9.59 Å². The molecule has 1 aromatic rings. The number of benzene rings is 1. The number of nitrogens with zero attached hydrogens (tertiary/aromatic N) is 1. The Bertz CT molecular complexity index is 560. The van der Waals surface area contributed by atoms with Gasteiger partial charge in [0, 0.05) is 20.0 Å². The highest BCUT2D eigenvalue weighted by Crippen LogP contribution is 2.25. The molecule has 1 aliphatic heterocycles. The molecule has 21 heavy (non-hydrogen) atoms. The molecule has 0 aromatic heterocycles. The molecule has 0 saturated carbocycles. The van der Waals surface area contributed by atoms with Crippen molar-refractivity contribution in [2.75, 3.05) is 6.54 Å². The van der Waals surface area contributed by atoms with Gasteiger partial charge in [0.15, 0.2) is 0 Å². The van der Waals surface area contributed by atoms with Crippen LogP contribution in [-0.4, -0.2) is 29.1 Å². The summed E-state index contributed by atoms with van der Waals surface area (Å²) >= 11 is 0. The molecule has 1 amide bonds. The maximum Gasteiger partial charge on any atom is 0.410 e. The van der Waals surface area contributed by atoms with Gasteiger partial charge in [-0.1, -0.05) is 6.07 Å². The molecular weight excluding hydrogens is 270 g/mol. The van der Waals surface area contributed by atoms with Gasteiger partial charge in [-0.05, 0) is 50.5 Å². The fourth-order valence-electron chi connectivity index (χ4n) is 2.25. The fourth-order valence-corrected chi connectivity index (χ4v) is 2.25. The molecule has 0 saturated heterocycles. The van der Waals surface area contributed by atoms with Gasteiger partial charge in [0.25, 0.3) is 0 Å². The van der Waals surface area contributed by atoms with E-state index in [0.717, 1.165) is 12.0 Å². The minimum atomic E-state index is -0.503. The predicted molar refractivity (Wildman–Crippen MR) is 78.1 cm³/mol. The lowest BCUT2D eigenvalue weighted by atomic mass is 10.00. The Morgan fingerprint density at radius 2 is 1.90 bits per heavy atom. The van der Waals surface area contributed by atoms with Gasteiger partial charge >= 0.3 is 12.1 Å². The molecule has 0 atom stereocenters. The fraction of sp³-hybridized carbons (Fsp3) is 0.500. The molecule has 1 aliphatic rings. The van der Waals surface area contributed by atoms with E-state index in [1.54, 1.807) is 11.0 Å². The van der Waals surface area contributed by atoms with Gasteiger partial charge in [-0.25, -0.2) is 4.79 Å². The number of hydrogen-bond acceptors (Lipinski definition) is 4. The molecule has 0 fully saturated rings. The van der Waals surface area contributed by atoms with Gasteiger partial charge in [0.2, 0.25) is 0 Å². The Kier molecular flexibility index (Phi) is 4.21. The third-order valence-corrected chi connectivity index (χ3v) is 3.10. The minimum Gasteiger partial charge on any atom is -0.444 e. The quantitative estimate of drug-likeness (QED) is 0.589. The van der Waals surface area contributed by atoms with E-state index in [-0.39, 0.29) is 12.1 Å². The monoisotopic (exact) mass is 291 g/mol. The zero-order valence-electron chi connectivity index (χ0n) is 12.9. The lowest BCUT2D eigenvalue weighted by molar-refractivity contribution is -0.131. The molecule has 0 unspecified atom stereocenters. The van der Waals surface area contributed by atoms with Gasteiger partial charge in [0.05, 0.1) is 0 Å². The summed E-state index contributed by atoms with van der Waals surface area (Å²) in [5.41, 5.74) is 1.66. The topological polar surface area (TPSA) is 55.8 Å². The number of fused-ring (bicyclic) bond motifs is 1. The summed E-state index contributed by atoms with van der Waals surface area (Å²) in [4.78, 5) is 24.8. The highest BCUT2D eigenvalue weighted by atomic mass is 16.6. The van der Waals surface area contributed by atoms with Crippen LogP contribution in [0.15, 0.2) is 18.2 Å². The van der Waals surface area contributed by atoms with Crippen molar-refractivity contribution in [3.8, 4) is 5.75 Å². The first-order chi connectivity index (χ1) is 9.74. The summed E-state index contributed by atoms with van der Waals surface area (Å²) in [5.74, 6) is 0.155. The summed E-state index contributed by atoms with van der Waals surface area (Å²) < 4.78 is 10.5. The number of carbonyl (C=O) groups is 2. The van der Waals surface area contributed by atoms with E-state index >= 15 is 0 Å². The highest BCUT2D eigenvalue weighted by Gasteiger charge is 2.25. The zero-order valence-corrected chi connectivity index (χ0v) is 12.9. The van der Waals surface area contributed by atoms with Crippen LogP contribution in [-0.2, 0) is 22.5 Å². The van der Waals surface area contributed by atoms with E-state index < -0.39 is 5.60 Å². The van der Waals surface area contributed by atoms with E-state index in [0.29, 0.717) is 18.8 Å². The molecule has 1 aromatic carbocycles. The maximum atomic E-state index is 12.1. The predicted octanol–water partition coefficient (Wildman–Crippen LogP) is 2.91. The van der Waals surface area contributed by atoms with Crippen LogP contribution in [0.5, 0.6) is 5.75 Å². The van der Waals surface area contributed by atoms with Crippen molar-refractivity contribution >= 4 is 12.1 Å². The number of rotatable bonds is 1. The van der Waals surface area contributed by atoms with Gasteiger partial charge in [0.1, 0.15) is 11.4 Å². The highest BCUT2D eigenvalue weighted by molar-refractivity contribution is 5.70. The van der Waals surface area contributed by atoms with Gasteiger partial charge < -0.3 is 14.4 Å². The molecule has 0 bridgehead atoms. The van der Waals surface area contributed by atoms with Crippen molar-refractivity contribution in [3.05, 3.63) is 29.3 Å². The second kappa shape index (κ2) is 5.76. The minimum absolute atomic E-state index is 0.314. The van der Waals surface area contributed by atoms with Crippen molar-refractivity contribution in [2.45, 2.75) is 46.3 Å². The first kappa shape index (κ1) is 15.4. The van der Waals surface area contributed by atoms with Crippen LogP contribution in [0.4, 0.5) is 4.79 Å². The lowest BCUT2D eigenvalue weighted by Crippen LogP contribution is -2.39. The normalized spacial score (nSPS) is 14.4. The van der Waals surface area contributed by atoms with Crippen LogP contribution in [0.1, 0.15) is 38.8 Å². The van der Waals surface area contributed by atoms with Crippen LogP contribution < -0.4 is 4.74 Å². The van der Waals surface area contributed by atoms with Crippen molar-refractivity contribution in [3.63, 3.8) is 0 Å². The molecule has 0 radical (unpaired) electrons. The first-order valence-corrected chi connectivity index (χ1v) is 7.03. The lowest BCUT2D eigenvalue weighted by Gasteiger charge is -2.31. The molecule has 114 valence electrons. The third kappa shape index (κ3) is 4.21. The number of hydrogen-bond donors (Lipinski definition) is 0. The van der Waals surface area contributed by atoms with Gasteiger partial charge in [-0.2, -0.15) is 0 Å². The van der Waals surface area contributed by atoms with E-state index in [1.165, 1.54) is 12.5 Å². The number of carbonyl (C=O) groups excluding carboxylic acids is 2. The Morgan fingerprint density at radius 1 is 1.19 bits per heavy atom. The Morgan fingerprint density at radius 3 is 2.52 bits per heavy atom. The summed E-state index contributed by atoms with van der Waals surface area (Å²) in [6.45, 7) is 8.02. The Labute approximate surface area is 124 Å². The third-order valence-electron chi connectivity index (χ3n) is 3.10.